The lowest BCUT2D eigenvalue weighted by molar-refractivity contribution is -0.114. The average Bonchev–Trinajstić information content (AvgIpc) is 2.83. The monoisotopic (exact) mass is 361 g/mol. The van der Waals surface area contributed by atoms with Crippen molar-refractivity contribution in [2.75, 3.05) is 5.32 Å². The number of rotatable bonds is 5. The summed E-state index contributed by atoms with van der Waals surface area (Å²) in [5.74, 6) is -0.617. The summed E-state index contributed by atoms with van der Waals surface area (Å²) in [5.41, 5.74) is 6.95. The topological polar surface area (TPSA) is 105 Å². The van der Waals surface area contributed by atoms with E-state index >= 15 is 0 Å². The zero-order valence-electron chi connectivity index (χ0n) is 14.9. The molecule has 1 aliphatic rings. The minimum Gasteiger partial charge on any atom is -0.459 e. The number of hydrogen-bond donors (Lipinski definition) is 2. The molecule has 3 N–H and O–H groups in total. The van der Waals surface area contributed by atoms with Crippen LogP contribution in [0.25, 0.3) is 0 Å². The molecule has 1 aromatic rings. The van der Waals surface area contributed by atoms with Crippen LogP contribution in [0, 0.1) is 17.2 Å². The van der Waals surface area contributed by atoms with Gasteiger partial charge < -0.3 is 15.8 Å². The highest BCUT2D eigenvalue weighted by molar-refractivity contribution is 7.16. The molecule has 134 valence electrons. The lowest BCUT2D eigenvalue weighted by atomic mass is 9.88. The number of ether oxygens (including phenoxy) is 1. The van der Waals surface area contributed by atoms with E-state index in [1.54, 1.807) is 26.8 Å². The maximum absolute atomic E-state index is 12.6. The van der Waals surface area contributed by atoms with Crippen LogP contribution in [-0.4, -0.2) is 18.0 Å². The van der Waals surface area contributed by atoms with E-state index in [0.717, 1.165) is 29.7 Å². The fraction of sp³-hybridized carbons (Fsp3) is 0.500. The summed E-state index contributed by atoms with van der Waals surface area (Å²) < 4.78 is 5.40. The number of esters is 1. The van der Waals surface area contributed by atoms with Crippen molar-refractivity contribution < 1.29 is 14.3 Å². The Morgan fingerprint density at radius 2 is 2.12 bits per heavy atom. The Balaban J connectivity index is 2.48. The summed E-state index contributed by atoms with van der Waals surface area (Å²) in [6.45, 7) is 7.39. The molecule has 0 fully saturated rings. The van der Waals surface area contributed by atoms with E-state index in [9.17, 15) is 9.59 Å². The van der Waals surface area contributed by atoms with E-state index in [0.29, 0.717) is 22.2 Å². The summed E-state index contributed by atoms with van der Waals surface area (Å²) in [4.78, 5) is 25.1. The first-order valence-corrected chi connectivity index (χ1v) is 9.09. The number of nitrogens with two attached hydrogens (primary N) is 1. The Morgan fingerprint density at radius 1 is 1.44 bits per heavy atom. The molecule has 1 amide bonds. The molecule has 7 heteroatoms. The second-order valence-electron chi connectivity index (χ2n) is 6.61. The molecule has 0 aliphatic heterocycles. The third-order valence-corrected chi connectivity index (χ3v) is 5.26. The Bertz CT molecular complexity index is 771. The highest BCUT2D eigenvalue weighted by atomic mass is 32.1. The molecule has 2 rings (SSSR count). The number of amides is 1. The van der Waals surface area contributed by atoms with Gasteiger partial charge in [0, 0.05) is 10.6 Å². The maximum Gasteiger partial charge on any atom is 0.341 e. The molecule has 0 spiro atoms. The normalized spacial score (nSPS) is 17.4. The van der Waals surface area contributed by atoms with E-state index in [1.807, 2.05) is 0 Å². The van der Waals surface area contributed by atoms with Crippen LogP contribution in [0.1, 0.15) is 54.9 Å². The molecule has 0 saturated heterocycles. The summed E-state index contributed by atoms with van der Waals surface area (Å²) in [7, 11) is 0. The fourth-order valence-corrected chi connectivity index (χ4v) is 4.34. The number of allylic oxidation sites excluding steroid dienone is 1. The van der Waals surface area contributed by atoms with Gasteiger partial charge in [-0.1, -0.05) is 6.92 Å². The van der Waals surface area contributed by atoms with Crippen LogP contribution < -0.4 is 11.1 Å². The molecule has 0 unspecified atom stereocenters. The van der Waals surface area contributed by atoms with Crippen LogP contribution >= 0.6 is 11.3 Å². The molecule has 0 aromatic carbocycles. The molecule has 0 bridgehead atoms. The Labute approximate surface area is 151 Å². The van der Waals surface area contributed by atoms with Crippen molar-refractivity contribution in [3.05, 3.63) is 27.3 Å². The van der Waals surface area contributed by atoms with E-state index < -0.39 is 5.91 Å². The van der Waals surface area contributed by atoms with Gasteiger partial charge in [0.25, 0.3) is 5.91 Å². The quantitative estimate of drug-likeness (QED) is 0.476. The van der Waals surface area contributed by atoms with Crippen molar-refractivity contribution in [3.8, 4) is 6.07 Å². The van der Waals surface area contributed by atoms with Gasteiger partial charge in [0.2, 0.25) is 0 Å². The van der Waals surface area contributed by atoms with Crippen molar-refractivity contribution in [2.24, 2.45) is 11.7 Å². The molecule has 1 aliphatic carbocycles. The maximum atomic E-state index is 12.6. The van der Waals surface area contributed by atoms with Crippen LogP contribution in [-0.2, 0) is 22.4 Å². The molecular weight excluding hydrogens is 338 g/mol. The zero-order chi connectivity index (χ0) is 18.7. The summed E-state index contributed by atoms with van der Waals surface area (Å²) in [6, 6.07) is 1.80. The van der Waals surface area contributed by atoms with E-state index in [2.05, 4.69) is 12.2 Å². The largest absolute Gasteiger partial charge is 0.459 e. The van der Waals surface area contributed by atoms with Gasteiger partial charge in [-0.05, 0) is 51.5 Å². The lowest BCUT2D eigenvalue weighted by Crippen LogP contribution is -2.18. The van der Waals surface area contributed by atoms with Crippen LogP contribution in [0.3, 0.4) is 0 Å². The Kier molecular flexibility index (Phi) is 5.85. The number of carbonyl (C=O) groups is 2. The average molecular weight is 361 g/mol. The third kappa shape index (κ3) is 4.20. The number of nitrogens with one attached hydrogen (secondary N) is 1. The predicted octanol–water partition coefficient (Wildman–Crippen LogP) is 3.13. The molecule has 1 atom stereocenters. The zero-order valence-corrected chi connectivity index (χ0v) is 15.8. The SMILES string of the molecule is C/C(Nc1sc2c(c1C(=O)OC(C)C)CC[C@H](C)C2)=C(\C#N)C(N)=O. The molecule has 0 saturated carbocycles. The highest BCUT2D eigenvalue weighted by Gasteiger charge is 2.29. The molecule has 1 aromatic heterocycles. The standard InChI is InChI=1S/C18H23N3O3S/c1-9(2)24-18(23)15-12-6-5-10(3)7-14(12)25-17(15)21-11(4)13(8-19)16(20)22/h9-10,21H,5-7H2,1-4H3,(H2,20,22)/b13-11-/t10-/m0/s1. The number of fused-ring (bicyclic) bond motifs is 1. The van der Waals surface area contributed by atoms with Gasteiger partial charge >= 0.3 is 5.97 Å². The molecule has 25 heavy (non-hydrogen) atoms. The minimum atomic E-state index is -0.797. The van der Waals surface area contributed by atoms with Gasteiger partial charge in [-0.3, -0.25) is 4.79 Å². The van der Waals surface area contributed by atoms with Gasteiger partial charge in [0.1, 0.15) is 16.6 Å². The molecule has 0 radical (unpaired) electrons. The van der Waals surface area contributed by atoms with Crippen LogP contribution in [0.4, 0.5) is 5.00 Å². The summed E-state index contributed by atoms with van der Waals surface area (Å²) in [6.07, 6.45) is 2.52. The number of hydrogen-bond acceptors (Lipinski definition) is 6. The number of thiophene rings is 1. The Morgan fingerprint density at radius 3 is 2.68 bits per heavy atom. The summed E-state index contributed by atoms with van der Waals surface area (Å²) >= 11 is 1.48. The first kappa shape index (κ1) is 19.0. The van der Waals surface area contributed by atoms with Crippen molar-refractivity contribution in [1.29, 1.82) is 5.26 Å². The molecular formula is C18H23N3O3S. The number of nitriles is 1. The molecule has 6 nitrogen and oxygen atoms in total. The molecule has 1 heterocycles. The van der Waals surface area contributed by atoms with Crippen LogP contribution in [0.5, 0.6) is 0 Å². The van der Waals surface area contributed by atoms with Crippen LogP contribution in [0.2, 0.25) is 0 Å². The smallest absolute Gasteiger partial charge is 0.341 e. The van der Waals surface area contributed by atoms with Crippen molar-refractivity contribution in [2.45, 2.75) is 53.1 Å². The number of carbonyl (C=O) groups excluding carboxylic acids is 2. The van der Waals surface area contributed by atoms with Gasteiger partial charge in [0.05, 0.1) is 11.7 Å². The van der Waals surface area contributed by atoms with Crippen LogP contribution in [0.15, 0.2) is 11.3 Å². The summed E-state index contributed by atoms with van der Waals surface area (Å²) in [5, 5.41) is 12.8. The van der Waals surface area contributed by atoms with Crippen molar-refractivity contribution >= 4 is 28.2 Å². The Hall–Kier alpha value is -2.33. The van der Waals surface area contributed by atoms with E-state index in [1.165, 1.54) is 11.3 Å². The van der Waals surface area contributed by atoms with E-state index in [-0.39, 0.29) is 17.6 Å². The number of nitrogens with zero attached hydrogens (tertiary/aromatic N) is 1. The van der Waals surface area contributed by atoms with E-state index in [4.69, 9.17) is 15.7 Å². The predicted molar refractivity (Wildman–Crippen MR) is 97.2 cm³/mol. The third-order valence-electron chi connectivity index (χ3n) is 4.09. The second-order valence-corrected chi connectivity index (χ2v) is 7.72. The first-order valence-electron chi connectivity index (χ1n) is 8.27. The van der Waals surface area contributed by atoms with Gasteiger partial charge in [-0.2, -0.15) is 5.26 Å². The van der Waals surface area contributed by atoms with Crippen molar-refractivity contribution in [3.63, 3.8) is 0 Å². The minimum absolute atomic E-state index is 0.150. The van der Waals surface area contributed by atoms with Gasteiger partial charge in [0.15, 0.2) is 0 Å². The lowest BCUT2D eigenvalue weighted by Gasteiger charge is -2.19. The fourth-order valence-electron chi connectivity index (χ4n) is 2.88. The van der Waals surface area contributed by atoms with Gasteiger partial charge in [-0.25, -0.2) is 4.79 Å². The first-order chi connectivity index (χ1) is 11.7. The van der Waals surface area contributed by atoms with Crippen molar-refractivity contribution in [1.82, 2.24) is 0 Å². The number of primary amides is 1. The second kappa shape index (κ2) is 7.70. The number of anilines is 1. The highest BCUT2D eigenvalue weighted by Crippen LogP contribution is 2.40. The van der Waals surface area contributed by atoms with Gasteiger partial charge in [-0.15, -0.1) is 11.3 Å².